The van der Waals surface area contributed by atoms with Gasteiger partial charge in [-0.1, -0.05) is 5.11 Å². The summed E-state index contributed by atoms with van der Waals surface area (Å²) in [5, 5.41) is 3.41. The van der Waals surface area contributed by atoms with Crippen molar-refractivity contribution >= 4 is 5.97 Å². The van der Waals surface area contributed by atoms with Gasteiger partial charge in [-0.3, -0.25) is 4.79 Å². The molecule has 0 spiro atoms. The van der Waals surface area contributed by atoms with Crippen molar-refractivity contribution in [2.45, 2.75) is 32.1 Å². The van der Waals surface area contributed by atoms with Crippen LogP contribution in [-0.2, 0) is 9.53 Å². The minimum atomic E-state index is -0.229. The number of esters is 1. The van der Waals surface area contributed by atoms with Gasteiger partial charge >= 0.3 is 5.97 Å². The van der Waals surface area contributed by atoms with Crippen LogP contribution in [-0.4, -0.2) is 19.6 Å². The maximum Gasteiger partial charge on any atom is 0.306 e. The van der Waals surface area contributed by atoms with E-state index < -0.39 is 0 Å². The molecule has 0 aliphatic carbocycles. The number of hydrogen-bond acceptors (Lipinski definition) is 3. The summed E-state index contributed by atoms with van der Waals surface area (Å²) in [5.41, 5.74) is 8.00. The molecular formula is C10H15N3O2. The highest BCUT2D eigenvalue weighted by Crippen LogP contribution is 1.95. The van der Waals surface area contributed by atoms with Crippen LogP contribution in [0.25, 0.3) is 10.4 Å². The predicted octanol–water partition coefficient (Wildman–Crippen LogP) is 2.42. The topological polar surface area (TPSA) is 75.1 Å². The lowest BCUT2D eigenvalue weighted by Crippen LogP contribution is -1.98. The summed E-state index contributed by atoms with van der Waals surface area (Å²) in [4.78, 5) is 13.3. The van der Waals surface area contributed by atoms with Gasteiger partial charge in [-0.25, -0.2) is 0 Å². The van der Waals surface area contributed by atoms with Gasteiger partial charge in [0, 0.05) is 24.3 Å². The molecule has 0 N–H and O–H groups in total. The van der Waals surface area contributed by atoms with Crippen molar-refractivity contribution in [3.63, 3.8) is 0 Å². The molecule has 0 aromatic rings. The highest BCUT2D eigenvalue weighted by molar-refractivity contribution is 5.69. The van der Waals surface area contributed by atoms with Gasteiger partial charge in [0.05, 0.1) is 13.5 Å². The molecule has 15 heavy (non-hydrogen) atoms. The number of carbonyl (C=O) groups is 1. The smallest absolute Gasteiger partial charge is 0.306 e. The summed E-state index contributed by atoms with van der Waals surface area (Å²) in [5.74, 6) is 5.61. The highest BCUT2D eigenvalue weighted by Gasteiger charge is 1.95. The van der Waals surface area contributed by atoms with Crippen LogP contribution >= 0.6 is 0 Å². The van der Waals surface area contributed by atoms with Crippen molar-refractivity contribution in [3.8, 4) is 11.8 Å². The van der Waals surface area contributed by atoms with E-state index in [1.165, 1.54) is 7.11 Å². The van der Waals surface area contributed by atoms with Crippen LogP contribution in [0.2, 0.25) is 0 Å². The van der Waals surface area contributed by atoms with Crippen molar-refractivity contribution < 1.29 is 9.53 Å². The maximum atomic E-state index is 10.7. The Labute approximate surface area is 89.4 Å². The summed E-state index contributed by atoms with van der Waals surface area (Å²) in [7, 11) is 1.37. The summed E-state index contributed by atoms with van der Waals surface area (Å²) in [6.07, 6.45) is 3.45. The number of carbonyl (C=O) groups excluding carboxylic acids is 1. The number of rotatable bonds is 6. The first-order chi connectivity index (χ1) is 7.31. The quantitative estimate of drug-likeness (QED) is 0.168. The largest absolute Gasteiger partial charge is 0.469 e. The molecule has 0 saturated carbocycles. The van der Waals surface area contributed by atoms with Crippen LogP contribution in [0.1, 0.15) is 32.1 Å². The number of azide groups is 1. The van der Waals surface area contributed by atoms with Gasteiger partial charge in [0.15, 0.2) is 0 Å². The Morgan fingerprint density at radius 1 is 1.40 bits per heavy atom. The van der Waals surface area contributed by atoms with E-state index in [0.717, 1.165) is 19.3 Å². The molecule has 0 rings (SSSR count). The third-order valence-corrected chi connectivity index (χ3v) is 1.68. The first-order valence-corrected chi connectivity index (χ1v) is 4.84. The van der Waals surface area contributed by atoms with E-state index in [4.69, 9.17) is 5.53 Å². The van der Waals surface area contributed by atoms with Crippen molar-refractivity contribution in [1.29, 1.82) is 0 Å². The first-order valence-electron chi connectivity index (χ1n) is 4.84. The van der Waals surface area contributed by atoms with E-state index in [1.807, 2.05) is 0 Å². The van der Waals surface area contributed by atoms with Gasteiger partial charge in [-0.2, -0.15) is 0 Å². The van der Waals surface area contributed by atoms with Crippen LogP contribution in [0.5, 0.6) is 0 Å². The molecular weight excluding hydrogens is 194 g/mol. The fourth-order valence-electron chi connectivity index (χ4n) is 0.884. The second kappa shape index (κ2) is 10.4. The normalized spacial score (nSPS) is 8.33. The number of ether oxygens (including phenoxy) is 1. The van der Waals surface area contributed by atoms with Crippen molar-refractivity contribution in [3.05, 3.63) is 10.4 Å². The third kappa shape index (κ3) is 10.3. The van der Waals surface area contributed by atoms with E-state index in [-0.39, 0.29) is 5.97 Å². The number of methoxy groups -OCH3 is 1. The molecule has 0 atom stereocenters. The van der Waals surface area contributed by atoms with E-state index in [0.29, 0.717) is 19.4 Å². The van der Waals surface area contributed by atoms with Gasteiger partial charge in [-0.05, 0) is 18.4 Å². The Morgan fingerprint density at radius 2 is 2.13 bits per heavy atom. The summed E-state index contributed by atoms with van der Waals surface area (Å²) >= 11 is 0. The third-order valence-electron chi connectivity index (χ3n) is 1.68. The number of nitrogens with zero attached hydrogens (tertiary/aromatic N) is 3. The minimum Gasteiger partial charge on any atom is -0.469 e. The van der Waals surface area contributed by atoms with Crippen LogP contribution < -0.4 is 0 Å². The summed E-state index contributed by atoms with van der Waals surface area (Å²) < 4.78 is 4.47. The van der Waals surface area contributed by atoms with E-state index in [2.05, 4.69) is 26.6 Å². The summed E-state index contributed by atoms with van der Waals surface area (Å²) in [6, 6.07) is 0. The Hall–Kier alpha value is -1.66. The van der Waals surface area contributed by atoms with E-state index >= 15 is 0 Å². The van der Waals surface area contributed by atoms with E-state index in [1.54, 1.807) is 0 Å². The zero-order valence-electron chi connectivity index (χ0n) is 8.90. The molecule has 0 fully saturated rings. The molecule has 0 bridgehead atoms. The Balaban J connectivity index is 3.31. The lowest BCUT2D eigenvalue weighted by Gasteiger charge is -1.92. The fourth-order valence-corrected chi connectivity index (χ4v) is 0.884. The van der Waals surface area contributed by atoms with Crippen molar-refractivity contribution in [1.82, 2.24) is 0 Å². The van der Waals surface area contributed by atoms with Gasteiger partial charge in [0.25, 0.3) is 0 Å². The SMILES string of the molecule is COC(=O)CCC#CCCCCN=[N+]=[N-]. The molecule has 0 aliphatic heterocycles. The standard InChI is InChI=1S/C10H15N3O2/c1-15-10(14)8-6-4-2-3-5-7-9-12-13-11/h3,5-9H2,1H3. The zero-order valence-corrected chi connectivity index (χ0v) is 8.90. The summed E-state index contributed by atoms with van der Waals surface area (Å²) in [6.45, 7) is 0.528. The van der Waals surface area contributed by atoms with Crippen LogP contribution in [0.15, 0.2) is 5.11 Å². The molecule has 0 radical (unpaired) electrons. The lowest BCUT2D eigenvalue weighted by molar-refractivity contribution is -0.140. The lowest BCUT2D eigenvalue weighted by atomic mass is 10.2. The van der Waals surface area contributed by atoms with Gasteiger partial charge in [0.2, 0.25) is 0 Å². The van der Waals surface area contributed by atoms with Gasteiger partial charge in [-0.15, -0.1) is 11.8 Å². The van der Waals surface area contributed by atoms with Crippen molar-refractivity contribution in [2.75, 3.05) is 13.7 Å². The van der Waals surface area contributed by atoms with Crippen molar-refractivity contribution in [2.24, 2.45) is 5.11 Å². The van der Waals surface area contributed by atoms with E-state index in [9.17, 15) is 4.79 Å². The second-order valence-corrected chi connectivity index (χ2v) is 2.84. The van der Waals surface area contributed by atoms with Crippen LogP contribution in [0.3, 0.4) is 0 Å². The highest BCUT2D eigenvalue weighted by atomic mass is 16.5. The van der Waals surface area contributed by atoms with Crippen LogP contribution in [0.4, 0.5) is 0 Å². The average molecular weight is 209 g/mol. The maximum absolute atomic E-state index is 10.7. The first kappa shape index (κ1) is 13.3. The molecule has 0 unspecified atom stereocenters. The number of unbranched alkanes of at least 4 members (excludes halogenated alkanes) is 2. The minimum absolute atomic E-state index is 0.229. The average Bonchev–Trinajstić information content (AvgIpc) is 2.26. The molecule has 0 aromatic heterocycles. The monoisotopic (exact) mass is 209 g/mol. The molecule has 82 valence electrons. The molecule has 0 heterocycles. The number of hydrogen-bond donors (Lipinski definition) is 0. The second-order valence-electron chi connectivity index (χ2n) is 2.84. The van der Waals surface area contributed by atoms with Crippen LogP contribution in [0, 0.1) is 11.8 Å². The zero-order chi connectivity index (χ0) is 11.4. The van der Waals surface area contributed by atoms with Gasteiger partial charge < -0.3 is 4.74 Å². The Kier molecular flexibility index (Phi) is 9.27. The molecule has 5 nitrogen and oxygen atoms in total. The molecule has 0 aliphatic rings. The fraction of sp³-hybridized carbons (Fsp3) is 0.700. The molecule has 5 heteroatoms. The Morgan fingerprint density at radius 3 is 2.80 bits per heavy atom. The molecule has 0 aromatic carbocycles. The Bertz CT molecular complexity index is 285. The molecule has 0 amide bonds. The molecule has 0 saturated heterocycles. The van der Waals surface area contributed by atoms with Gasteiger partial charge in [0.1, 0.15) is 0 Å². The predicted molar refractivity (Wildman–Crippen MR) is 56.9 cm³/mol.